The second-order valence-corrected chi connectivity index (χ2v) is 5.97. The van der Waals surface area contributed by atoms with Crippen molar-refractivity contribution in [1.82, 2.24) is 5.16 Å². The van der Waals surface area contributed by atoms with Crippen molar-refractivity contribution in [2.24, 2.45) is 0 Å². The van der Waals surface area contributed by atoms with Gasteiger partial charge in [0, 0.05) is 12.3 Å². The van der Waals surface area contributed by atoms with E-state index in [1.54, 1.807) is 6.07 Å². The van der Waals surface area contributed by atoms with Gasteiger partial charge in [-0.1, -0.05) is 11.2 Å². The zero-order valence-electron chi connectivity index (χ0n) is 10.7. The van der Waals surface area contributed by atoms with Gasteiger partial charge >= 0.3 is 5.97 Å². The standard InChI is InChI=1S/C12H11NO6S/c1-18-8-4-3-5-10(20(2,16)17)11(8)7-6-9(12(14)15)19-13-7/h3-6H,1-2H3,(H,14,15). The second kappa shape index (κ2) is 4.97. The number of ether oxygens (including phenoxy) is 1. The number of benzene rings is 1. The summed E-state index contributed by atoms with van der Waals surface area (Å²) in [6, 6.07) is 5.62. The molecule has 0 bridgehead atoms. The molecule has 1 N–H and O–H groups in total. The Kier molecular flexibility index (Phi) is 3.49. The van der Waals surface area contributed by atoms with Crippen molar-refractivity contribution in [3.8, 4) is 17.0 Å². The number of carboxylic acid groups (broad SMARTS) is 1. The van der Waals surface area contributed by atoms with Crippen LogP contribution in [0.25, 0.3) is 11.3 Å². The van der Waals surface area contributed by atoms with Crippen LogP contribution in [0.1, 0.15) is 10.6 Å². The Morgan fingerprint density at radius 3 is 2.60 bits per heavy atom. The van der Waals surface area contributed by atoms with E-state index in [-0.39, 0.29) is 27.7 Å². The van der Waals surface area contributed by atoms with Gasteiger partial charge in [-0.3, -0.25) is 0 Å². The fourth-order valence-electron chi connectivity index (χ4n) is 1.74. The molecule has 20 heavy (non-hydrogen) atoms. The van der Waals surface area contributed by atoms with Crippen molar-refractivity contribution in [2.75, 3.05) is 13.4 Å². The van der Waals surface area contributed by atoms with E-state index in [0.717, 1.165) is 12.3 Å². The monoisotopic (exact) mass is 297 g/mol. The first-order valence-electron chi connectivity index (χ1n) is 5.42. The maximum atomic E-state index is 11.8. The van der Waals surface area contributed by atoms with Gasteiger partial charge in [0.2, 0.25) is 5.76 Å². The van der Waals surface area contributed by atoms with Crippen LogP contribution in [0.2, 0.25) is 0 Å². The number of aromatic nitrogens is 1. The van der Waals surface area contributed by atoms with Crippen LogP contribution in [-0.2, 0) is 9.84 Å². The van der Waals surface area contributed by atoms with Gasteiger partial charge in [0.1, 0.15) is 11.4 Å². The van der Waals surface area contributed by atoms with Gasteiger partial charge in [-0.05, 0) is 12.1 Å². The van der Waals surface area contributed by atoms with Crippen molar-refractivity contribution in [3.63, 3.8) is 0 Å². The van der Waals surface area contributed by atoms with Crippen molar-refractivity contribution in [2.45, 2.75) is 4.90 Å². The van der Waals surface area contributed by atoms with Gasteiger partial charge in [-0.15, -0.1) is 0 Å². The summed E-state index contributed by atoms with van der Waals surface area (Å²) in [7, 11) is -2.16. The molecule has 106 valence electrons. The van der Waals surface area contributed by atoms with E-state index in [9.17, 15) is 13.2 Å². The Balaban J connectivity index is 2.73. The molecule has 1 aromatic carbocycles. The number of nitrogens with zero attached hydrogens (tertiary/aromatic N) is 1. The van der Waals surface area contributed by atoms with Crippen LogP contribution in [0, 0.1) is 0 Å². The molecular formula is C12H11NO6S. The fourth-order valence-corrected chi connectivity index (χ4v) is 2.64. The maximum absolute atomic E-state index is 11.8. The lowest BCUT2D eigenvalue weighted by Crippen LogP contribution is -2.02. The van der Waals surface area contributed by atoms with Gasteiger partial charge in [0.15, 0.2) is 9.84 Å². The average Bonchev–Trinajstić information content (AvgIpc) is 2.86. The number of carboxylic acids is 1. The molecule has 0 aliphatic heterocycles. The Morgan fingerprint density at radius 1 is 1.40 bits per heavy atom. The summed E-state index contributed by atoms with van der Waals surface area (Å²) in [5.41, 5.74) is 0.258. The zero-order chi connectivity index (χ0) is 14.9. The van der Waals surface area contributed by atoms with Crippen LogP contribution >= 0.6 is 0 Å². The molecule has 0 aliphatic carbocycles. The molecule has 0 saturated carbocycles. The zero-order valence-corrected chi connectivity index (χ0v) is 11.5. The number of sulfone groups is 1. The second-order valence-electron chi connectivity index (χ2n) is 3.99. The normalized spacial score (nSPS) is 11.3. The van der Waals surface area contributed by atoms with Gasteiger partial charge in [-0.25, -0.2) is 13.2 Å². The minimum atomic E-state index is -3.53. The topological polar surface area (TPSA) is 107 Å². The molecule has 0 spiro atoms. The summed E-state index contributed by atoms with van der Waals surface area (Å²) in [5.74, 6) is -1.41. The number of methoxy groups -OCH3 is 1. The molecule has 1 aromatic heterocycles. The number of rotatable bonds is 4. The highest BCUT2D eigenvalue weighted by Gasteiger charge is 2.23. The van der Waals surface area contributed by atoms with Crippen molar-refractivity contribution in [1.29, 1.82) is 0 Å². The smallest absolute Gasteiger partial charge is 0.374 e. The third-order valence-electron chi connectivity index (χ3n) is 2.58. The van der Waals surface area contributed by atoms with Gasteiger partial charge in [-0.2, -0.15) is 0 Å². The molecule has 1 heterocycles. The quantitative estimate of drug-likeness (QED) is 0.910. The van der Waals surface area contributed by atoms with Crippen LogP contribution in [0.3, 0.4) is 0 Å². The first kappa shape index (κ1) is 14.1. The first-order valence-corrected chi connectivity index (χ1v) is 7.31. The molecular weight excluding hydrogens is 286 g/mol. The molecule has 2 aromatic rings. The number of hydrogen-bond acceptors (Lipinski definition) is 6. The number of carbonyl (C=O) groups is 1. The SMILES string of the molecule is COc1cccc(S(C)(=O)=O)c1-c1cc(C(=O)O)on1. The van der Waals surface area contributed by atoms with E-state index in [1.807, 2.05) is 0 Å². The van der Waals surface area contributed by atoms with E-state index < -0.39 is 15.8 Å². The average molecular weight is 297 g/mol. The summed E-state index contributed by atoms with van der Waals surface area (Å²) >= 11 is 0. The minimum Gasteiger partial charge on any atom is -0.496 e. The third kappa shape index (κ3) is 2.50. The van der Waals surface area contributed by atoms with E-state index in [4.69, 9.17) is 9.84 Å². The largest absolute Gasteiger partial charge is 0.496 e. The minimum absolute atomic E-state index is 0.0120. The predicted molar refractivity (Wildman–Crippen MR) is 68.6 cm³/mol. The van der Waals surface area contributed by atoms with E-state index >= 15 is 0 Å². The Hall–Kier alpha value is -2.35. The molecule has 0 aliphatic rings. The highest BCUT2D eigenvalue weighted by atomic mass is 32.2. The summed E-state index contributed by atoms with van der Waals surface area (Å²) in [6.07, 6.45) is 1.05. The fraction of sp³-hybridized carbons (Fsp3) is 0.167. The van der Waals surface area contributed by atoms with Gasteiger partial charge < -0.3 is 14.4 Å². The third-order valence-corrected chi connectivity index (χ3v) is 3.72. The lowest BCUT2D eigenvalue weighted by Gasteiger charge is -2.10. The molecule has 0 amide bonds. The summed E-state index contributed by atoms with van der Waals surface area (Å²) in [6.45, 7) is 0. The van der Waals surface area contributed by atoms with Crippen LogP contribution in [-0.4, -0.2) is 38.0 Å². The summed E-state index contributed by atoms with van der Waals surface area (Å²) in [5, 5.41) is 12.4. The predicted octanol–water partition coefficient (Wildman–Crippen LogP) is 1.45. The van der Waals surface area contributed by atoms with Crippen molar-refractivity contribution >= 4 is 15.8 Å². The van der Waals surface area contributed by atoms with E-state index in [0.29, 0.717) is 0 Å². The Labute approximate surface area is 114 Å². The number of aromatic carboxylic acids is 1. The molecule has 0 saturated heterocycles. The van der Waals surface area contributed by atoms with E-state index in [2.05, 4.69) is 9.68 Å². The first-order chi connectivity index (χ1) is 9.34. The van der Waals surface area contributed by atoms with Crippen LogP contribution in [0.15, 0.2) is 33.7 Å². The Bertz CT molecular complexity index is 762. The Morgan fingerprint density at radius 2 is 2.10 bits per heavy atom. The molecule has 0 fully saturated rings. The summed E-state index contributed by atoms with van der Waals surface area (Å²) < 4.78 is 33.4. The van der Waals surface area contributed by atoms with Crippen molar-refractivity contribution in [3.05, 3.63) is 30.0 Å². The molecule has 8 heteroatoms. The van der Waals surface area contributed by atoms with Crippen LogP contribution in [0.4, 0.5) is 0 Å². The maximum Gasteiger partial charge on any atom is 0.374 e. The lowest BCUT2D eigenvalue weighted by atomic mass is 10.1. The number of hydrogen-bond donors (Lipinski definition) is 1. The van der Waals surface area contributed by atoms with Gasteiger partial charge in [0.25, 0.3) is 0 Å². The van der Waals surface area contributed by atoms with Crippen LogP contribution in [0.5, 0.6) is 5.75 Å². The van der Waals surface area contributed by atoms with E-state index in [1.165, 1.54) is 19.2 Å². The molecule has 2 rings (SSSR count). The lowest BCUT2D eigenvalue weighted by molar-refractivity contribution is 0.0652. The molecule has 0 unspecified atom stereocenters. The van der Waals surface area contributed by atoms with Gasteiger partial charge in [0.05, 0.1) is 17.6 Å². The highest BCUT2D eigenvalue weighted by Crippen LogP contribution is 2.35. The molecule has 0 atom stereocenters. The van der Waals surface area contributed by atoms with Crippen LogP contribution < -0.4 is 4.74 Å². The van der Waals surface area contributed by atoms with Crippen molar-refractivity contribution < 1.29 is 27.6 Å². The molecule has 7 nitrogen and oxygen atoms in total. The highest BCUT2D eigenvalue weighted by molar-refractivity contribution is 7.90. The summed E-state index contributed by atoms with van der Waals surface area (Å²) in [4.78, 5) is 10.8. The molecule has 0 radical (unpaired) electrons.